The Balaban J connectivity index is 2.80. The molecule has 0 saturated carbocycles. The minimum atomic E-state index is -0.507. The van der Waals surface area contributed by atoms with E-state index in [0.29, 0.717) is 6.54 Å². The van der Waals surface area contributed by atoms with E-state index in [2.05, 4.69) is 11.8 Å². The molecule has 102 valence electrons. The summed E-state index contributed by atoms with van der Waals surface area (Å²) in [7, 11) is 0. The van der Waals surface area contributed by atoms with Crippen molar-refractivity contribution in [2.45, 2.75) is 6.54 Å². The molecule has 0 spiro atoms. The molecule has 0 aromatic carbocycles. The van der Waals surface area contributed by atoms with Crippen LogP contribution in [0.4, 0.5) is 0 Å². The van der Waals surface area contributed by atoms with Crippen LogP contribution in [0.2, 0.25) is 0 Å². The summed E-state index contributed by atoms with van der Waals surface area (Å²) in [6.07, 6.45) is 0. The first-order valence-corrected chi connectivity index (χ1v) is 6.45. The van der Waals surface area contributed by atoms with Gasteiger partial charge in [-0.2, -0.15) is 0 Å². The lowest BCUT2D eigenvalue weighted by Crippen LogP contribution is -2.39. The third kappa shape index (κ3) is 5.52. The minimum Gasteiger partial charge on any atom is -0.369 e. The van der Waals surface area contributed by atoms with Gasteiger partial charge in [0.25, 0.3) is 0 Å². The van der Waals surface area contributed by atoms with Crippen molar-refractivity contribution in [3.05, 3.63) is 21.9 Å². The molecule has 6 N–H and O–H groups in total. The van der Waals surface area contributed by atoms with E-state index < -0.39 is 11.8 Å². The predicted molar refractivity (Wildman–Crippen MR) is 73.9 cm³/mol. The SMILES string of the molecule is NCC#Cc1ccsc1CN(CC(N)=O)CC(N)=O. The van der Waals surface area contributed by atoms with Crippen LogP contribution in [0.15, 0.2) is 11.4 Å². The van der Waals surface area contributed by atoms with E-state index in [1.165, 1.54) is 11.3 Å². The second-order valence-corrected chi connectivity index (χ2v) is 4.84. The Labute approximate surface area is 115 Å². The summed E-state index contributed by atoms with van der Waals surface area (Å²) in [5.41, 5.74) is 16.5. The fourth-order valence-electron chi connectivity index (χ4n) is 1.53. The first-order chi connectivity index (χ1) is 9.02. The third-order valence-corrected chi connectivity index (χ3v) is 3.10. The number of nitrogens with zero attached hydrogens (tertiary/aromatic N) is 1. The maximum atomic E-state index is 11.0. The van der Waals surface area contributed by atoms with Crippen LogP contribution in [0.25, 0.3) is 0 Å². The van der Waals surface area contributed by atoms with Crippen molar-refractivity contribution in [2.75, 3.05) is 19.6 Å². The van der Waals surface area contributed by atoms with E-state index in [1.54, 1.807) is 4.90 Å². The molecule has 1 rings (SSSR count). The summed E-state index contributed by atoms with van der Waals surface area (Å²) < 4.78 is 0. The maximum absolute atomic E-state index is 11.0. The third-order valence-electron chi connectivity index (χ3n) is 2.20. The van der Waals surface area contributed by atoms with Crippen molar-refractivity contribution < 1.29 is 9.59 Å². The Morgan fingerprint density at radius 2 is 1.89 bits per heavy atom. The van der Waals surface area contributed by atoms with Crippen molar-refractivity contribution in [2.24, 2.45) is 17.2 Å². The summed E-state index contributed by atoms with van der Waals surface area (Å²) >= 11 is 1.49. The largest absolute Gasteiger partial charge is 0.369 e. The summed E-state index contributed by atoms with van der Waals surface area (Å²) in [4.78, 5) is 24.5. The number of amides is 2. The highest BCUT2D eigenvalue weighted by Crippen LogP contribution is 2.17. The molecule has 0 bridgehead atoms. The first kappa shape index (κ1) is 15.2. The summed E-state index contributed by atoms with van der Waals surface area (Å²) in [6, 6.07) is 1.87. The number of carbonyl (C=O) groups excluding carboxylic acids is 2. The van der Waals surface area contributed by atoms with E-state index in [4.69, 9.17) is 17.2 Å². The van der Waals surface area contributed by atoms with Gasteiger partial charge in [0.1, 0.15) is 0 Å². The minimum absolute atomic E-state index is 0.0232. The van der Waals surface area contributed by atoms with Crippen LogP contribution in [0.5, 0.6) is 0 Å². The average molecular weight is 280 g/mol. The molecule has 0 aliphatic rings. The zero-order chi connectivity index (χ0) is 14.3. The molecule has 0 radical (unpaired) electrons. The molecule has 0 aliphatic carbocycles. The molecule has 1 aromatic heterocycles. The normalized spacial score (nSPS) is 10.0. The molecule has 0 unspecified atom stereocenters. The van der Waals surface area contributed by atoms with Crippen molar-refractivity contribution in [3.63, 3.8) is 0 Å². The lowest BCUT2D eigenvalue weighted by Gasteiger charge is -2.18. The van der Waals surface area contributed by atoms with E-state index in [1.807, 2.05) is 11.4 Å². The number of nitrogens with two attached hydrogens (primary N) is 3. The number of hydrogen-bond donors (Lipinski definition) is 3. The fourth-order valence-corrected chi connectivity index (χ4v) is 2.40. The van der Waals surface area contributed by atoms with Crippen molar-refractivity contribution in [3.8, 4) is 11.8 Å². The Hall–Kier alpha value is -1.88. The summed E-state index contributed by atoms with van der Waals surface area (Å²) in [5.74, 6) is 4.70. The summed E-state index contributed by atoms with van der Waals surface area (Å²) in [5, 5.41) is 1.89. The van der Waals surface area contributed by atoms with Crippen molar-refractivity contribution in [1.82, 2.24) is 4.90 Å². The molecule has 0 aliphatic heterocycles. The molecule has 0 atom stereocenters. The van der Waals surface area contributed by atoms with Gasteiger partial charge in [0.15, 0.2) is 0 Å². The smallest absolute Gasteiger partial charge is 0.231 e. The van der Waals surface area contributed by atoms with Crippen LogP contribution >= 0.6 is 11.3 Å². The number of rotatable bonds is 6. The van der Waals surface area contributed by atoms with E-state index >= 15 is 0 Å². The Morgan fingerprint density at radius 1 is 1.26 bits per heavy atom. The molecule has 0 fully saturated rings. The molecule has 1 aromatic rings. The lowest BCUT2D eigenvalue weighted by atomic mass is 10.2. The highest BCUT2D eigenvalue weighted by molar-refractivity contribution is 7.10. The molecule has 19 heavy (non-hydrogen) atoms. The standard InChI is InChI=1S/C12H16N4O2S/c13-4-1-2-9-3-5-19-10(9)6-16(7-11(14)17)8-12(15)18/h3,5H,4,6-8,13H2,(H2,14,17)(H2,15,18). The Bertz CT molecular complexity index is 499. The average Bonchev–Trinajstić information content (AvgIpc) is 2.72. The van der Waals surface area contributed by atoms with Crippen LogP contribution in [0, 0.1) is 11.8 Å². The van der Waals surface area contributed by atoms with Gasteiger partial charge in [-0.3, -0.25) is 14.5 Å². The van der Waals surface area contributed by atoms with Crippen LogP contribution in [0.1, 0.15) is 10.4 Å². The number of carbonyl (C=O) groups is 2. The van der Waals surface area contributed by atoms with Gasteiger partial charge in [0, 0.05) is 17.0 Å². The molecule has 7 heteroatoms. The molecular formula is C12H16N4O2S. The van der Waals surface area contributed by atoms with Gasteiger partial charge in [-0.25, -0.2) is 0 Å². The highest BCUT2D eigenvalue weighted by Gasteiger charge is 2.14. The maximum Gasteiger partial charge on any atom is 0.231 e. The highest BCUT2D eigenvalue weighted by atomic mass is 32.1. The van der Waals surface area contributed by atoms with E-state index in [-0.39, 0.29) is 19.6 Å². The lowest BCUT2D eigenvalue weighted by molar-refractivity contribution is -0.122. The molecule has 1 heterocycles. The van der Waals surface area contributed by atoms with Crippen LogP contribution in [0.3, 0.4) is 0 Å². The Kier molecular flexibility index (Phi) is 6.02. The van der Waals surface area contributed by atoms with Gasteiger partial charge in [0.05, 0.1) is 19.6 Å². The second-order valence-electron chi connectivity index (χ2n) is 3.84. The van der Waals surface area contributed by atoms with Crippen molar-refractivity contribution in [1.29, 1.82) is 0 Å². The summed E-state index contributed by atoms with van der Waals surface area (Å²) in [6.45, 7) is 0.634. The molecular weight excluding hydrogens is 264 g/mol. The van der Waals surface area contributed by atoms with Crippen molar-refractivity contribution >= 4 is 23.2 Å². The quantitative estimate of drug-likeness (QED) is 0.569. The van der Waals surface area contributed by atoms with Crippen LogP contribution in [-0.4, -0.2) is 36.3 Å². The topological polar surface area (TPSA) is 115 Å². The van der Waals surface area contributed by atoms with Gasteiger partial charge in [-0.15, -0.1) is 11.3 Å². The Morgan fingerprint density at radius 3 is 2.42 bits per heavy atom. The van der Waals surface area contributed by atoms with E-state index in [0.717, 1.165) is 10.4 Å². The first-order valence-electron chi connectivity index (χ1n) is 5.57. The fraction of sp³-hybridized carbons (Fsp3) is 0.333. The van der Waals surface area contributed by atoms with Gasteiger partial charge in [-0.1, -0.05) is 11.8 Å². The zero-order valence-electron chi connectivity index (χ0n) is 10.4. The zero-order valence-corrected chi connectivity index (χ0v) is 11.2. The van der Waals surface area contributed by atoms with Crippen LogP contribution < -0.4 is 17.2 Å². The number of primary amides is 2. The molecule has 6 nitrogen and oxygen atoms in total. The van der Waals surface area contributed by atoms with E-state index in [9.17, 15) is 9.59 Å². The van der Waals surface area contributed by atoms with Gasteiger partial charge >= 0.3 is 0 Å². The van der Waals surface area contributed by atoms with Gasteiger partial charge in [0.2, 0.25) is 11.8 Å². The molecule has 2 amide bonds. The second kappa shape index (κ2) is 7.53. The van der Waals surface area contributed by atoms with Crippen LogP contribution in [-0.2, 0) is 16.1 Å². The number of thiophene rings is 1. The monoisotopic (exact) mass is 280 g/mol. The predicted octanol–water partition coefficient (Wildman–Crippen LogP) is -1.17. The number of hydrogen-bond acceptors (Lipinski definition) is 5. The van der Waals surface area contributed by atoms with Gasteiger partial charge < -0.3 is 17.2 Å². The van der Waals surface area contributed by atoms with Gasteiger partial charge in [-0.05, 0) is 11.4 Å². The molecule has 0 saturated heterocycles.